The molecular weight excluding hydrogens is 718 g/mol. The van der Waals surface area contributed by atoms with E-state index in [9.17, 15) is 14.4 Å². The van der Waals surface area contributed by atoms with Crippen molar-refractivity contribution in [1.82, 2.24) is 25.5 Å². The Labute approximate surface area is 313 Å². The van der Waals surface area contributed by atoms with Crippen molar-refractivity contribution in [2.45, 2.75) is 50.9 Å². The second-order valence-electron chi connectivity index (χ2n) is 13.6. The number of hydrogen-bond acceptors (Lipinski definition) is 10. The lowest BCUT2D eigenvalue weighted by Crippen LogP contribution is -2.52. The van der Waals surface area contributed by atoms with Gasteiger partial charge in [0.2, 0.25) is 17.8 Å². The van der Waals surface area contributed by atoms with Crippen LogP contribution < -0.4 is 36.2 Å². The third-order valence-corrected chi connectivity index (χ3v) is 11.5. The fourth-order valence-electron chi connectivity index (χ4n) is 7.14. The molecule has 3 aliphatic rings. The van der Waals surface area contributed by atoms with Crippen molar-refractivity contribution in [2.24, 2.45) is 0 Å². The Hall–Kier alpha value is -4.84. The number of benzene rings is 3. The Balaban J connectivity index is 0.945. The van der Waals surface area contributed by atoms with E-state index in [4.69, 9.17) is 16.3 Å². The average Bonchev–Trinajstić information content (AvgIpc) is 3.48. The molecule has 4 aromatic rings. The third-order valence-electron chi connectivity index (χ3n) is 9.90. The Kier molecular flexibility index (Phi) is 10.8. The predicted octanol–water partition coefficient (Wildman–Crippen LogP) is 5.65. The summed E-state index contributed by atoms with van der Waals surface area (Å²) in [7, 11) is 1.29. The molecule has 4 heterocycles. The largest absolute Gasteiger partial charge is 0.494 e. The summed E-state index contributed by atoms with van der Waals surface area (Å²) in [4.78, 5) is 49.7. The molecule has 3 aromatic carbocycles. The maximum atomic E-state index is 15.2. The van der Waals surface area contributed by atoms with Crippen molar-refractivity contribution in [2.75, 3.05) is 49.1 Å². The number of methoxy groups -OCH3 is 1. The van der Waals surface area contributed by atoms with E-state index in [2.05, 4.69) is 55.5 Å². The number of aromatic nitrogens is 2. The molecule has 7 rings (SSSR count). The van der Waals surface area contributed by atoms with Gasteiger partial charge in [0.1, 0.15) is 22.6 Å². The Morgan fingerprint density at radius 2 is 1.81 bits per heavy atom. The monoisotopic (exact) mass is 758 g/mol. The summed E-state index contributed by atoms with van der Waals surface area (Å²) in [6.07, 6.45) is 3.72. The van der Waals surface area contributed by atoms with Gasteiger partial charge in [0.15, 0.2) is 5.82 Å². The fourth-order valence-corrected chi connectivity index (χ4v) is 8.27. The number of carbonyl (C=O) groups excluding carboxylic acids is 3. The first-order valence-corrected chi connectivity index (χ1v) is 20.1. The maximum absolute atomic E-state index is 15.2. The van der Waals surface area contributed by atoms with Crippen molar-refractivity contribution >= 4 is 71.4 Å². The standard InChI is InChI=1S/C38H41ClFN8O4P/c1-52-31-18-25(8-9-28(31)44-38-42-20-26(39)35(46-38)43-29-6-4-5-7-32(29)53(2)3)47-14-12-24(13-15-47)41-19-22-16-23-21-48(37(51)34(23)27(40)17-22)30-10-11-33(49)45-36(30)50/h4-9,16-18,20,24,30,41H,10-15,19,21H2,1-3H3,(H,45,49,50)(H2,42,43,44,46). The van der Waals surface area contributed by atoms with Crippen molar-refractivity contribution in [1.29, 1.82) is 0 Å². The molecule has 15 heteroatoms. The molecule has 3 aliphatic heterocycles. The molecule has 3 amide bonds. The molecule has 1 unspecified atom stereocenters. The Bertz CT molecular complexity index is 2060. The minimum absolute atomic E-state index is 0.00897. The average molecular weight is 759 g/mol. The Morgan fingerprint density at radius 3 is 2.57 bits per heavy atom. The zero-order valence-electron chi connectivity index (χ0n) is 29.7. The van der Waals surface area contributed by atoms with E-state index >= 15 is 4.39 Å². The fraction of sp³-hybridized carbons (Fsp3) is 0.342. The number of ether oxygens (including phenoxy) is 1. The number of imide groups is 1. The highest BCUT2D eigenvalue weighted by atomic mass is 35.5. The first-order valence-electron chi connectivity index (χ1n) is 17.5. The second kappa shape index (κ2) is 15.6. The van der Waals surface area contributed by atoms with Crippen LogP contribution in [0.4, 0.5) is 33.2 Å². The normalized spacial score (nSPS) is 17.6. The molecule has 53 heavy (non-hydrogen) atoms. The molecule has 4 N–H and O–H groups in total. The van der Waals surface area contributed by atoms with Gasteiger partial charge < -0.3 is 30.5 Å². The van der Waals surface area contributed by atoms with E-state index in [1.165, 1.54) is 16.3 Å². The van der Waals surface area contributed by atoms with Gasteiger partial charge >= 0.3 is 0 Å². The zero-order valence-corrected chi connectivity index (χ0v) is 31.4. The minimum atomic E-state index is -0.779. The second-order valence-corrected chi connectivity index (χ2v) is 16.3. The van der Waals surface area contributed by atoms with E-state index < -0.39 is 23.7 Å². The maximum Gasteiger partial charge on any atom is 0.258 e. The molecule has 0 radical (unpaired) electrons. The predicted molar refractivity (Wildman–Crippen MR) is 206 cm³/mol. The Morgan fingerprint density at radius 1 is 1.02 bits per heavy atom. The van der Waals surface area contributed by atoms with Gasteiger partial charge in [-0.05, 0) is 73.3 Å². The smallest absolute Gasteiger partial charge is 0.258 e. The van der Waals surface area contributed by atoms with E-state index in [0.29, 0.717) is 34.6 Å². The lowest BCUT2D eigenvalue weighted by atomic mass is 10.0. The third kappa shape index (κ3) is 7.93. The number of anilines is 5. The van der Waals surface area contributed by atoms with Crippen molar-refractivity contribution in [3.63, 3.8) is 0 Å². The number of piperidine rings is 2. The van der Waals surface area contributed by atoms with Crippen LogP contribution in [0.15, 0.2) is 60.8 Å². The summed E-state index contributed by atoms with van der Waals surface area (Å²) in [5.41, 5.74) is 4.02. The van der Waals surface area contributed by atoms with Gasteiger partial charge in [0.25, 0.3) is 5.91 Å². The van der Waals surface area contributed by atoms with Crippen LogP contribution in [-0.4, -0.2) is 78.2 Å². The number of carbonyl (C=O) groups is 3. The van der Waals surface area contributed by atoms with E-state index in [-0.39, 0.29) is 44.8 Å². The molecule has 1 atom stereocenters. The van der Waals surface area contributed by atoms with Gasteiger partial charge in [-0.2, -0.15) is 4.98 Å². The molecule has 2 fully saturated rings. The van der Waals surface area contributed by atoms with Crippen LogP contribution in [0, 0.1) is 5.82 Å². The van der Waals surface area contributed by atoms with Crippen molar-refractivity contribution < 1.29 is 23.5 Å². The molecule has 0 bridgehead atoms. The van der Waals surface area contributed by atoms with Gasteiger partial charge in [-0.15, -0.1) is 0 Å². The van der Waals surface area contributed by atoms with Crippen LogP contribution in [0.2, 0.25) is 5.02 Å². The number of nitrogens with zero attached hydrogens (tertiary/aromatic N) is 4. The van der Waals surface area contributed by atoms with Crippen LogP contribution in [0.25, 0.3) is 0 Å². The lowest BCUT2D eigenvalue weighted by molar-refractivity contribution is -0.136. The van der Waals surface area contributed by atoms with Gasteiger partial charge in [-0.25, -0.2) is 9.37 Å². The number of nitrogens with one attached hydrogen (secondary N) is 4. The first kappa shape index (κ1) is 36.5. The molecule has 2 saturated heterocycles. The number of hydrogen-bond donors (Lipinski definition) is 4. The van der Waals surface area contributed by atoms with E-state index in [1.54, 1.807) is 13.3 Å². The van der Waals surface area contributed by atoms with Gasteiger partial charge in [-0.3, -0.25) is 19.7 Å². The van der Waals surface area contributed by atoms with Gasteiger partial charge in [0, 0.05) is 56.1 Å². The van der Waals surface area contributed by atoms with Crippen LogP contribution in [-0.2, 0) is 22.7 Å². The number of fused-ring (bicyclic) bond motifs is 1. The minimum Gasteiger partial charge on any atom is -0.494 e. The molecule has 12 nitrogen and oxygen atoms in total. The molecular formula is C38H41ClFN8O4P. The van der Waals surface area contributed by atoms with Gasteiger partial charge in [-0.1, -0.05) is 43.8 Å². The summed E-state index contributed by atoms with van der Waals surface area (Å²) in [5.74, 6) is -0.434. The molecule has 276 valence electrons. The molecule has 0 spiro atoms. The summed E-state index contributed by atoms with van der Waals surface area (Å²) < 4.78 is 21.0. The van der Waals surface area contributed by atoms with Gasteiger partial charge in [0.05, 0.1) is 24.6 Å². The number of rotatable bonds is 11. The lowest BCUT2D eigenvalue weighted by Gasteiger charge is -2.34. The quantitative estimate of drug-likeness (QED) is 0.112. The number of halogens is 2. The van der Waals surface area contributed by atoms with Crippen LogP contribution in [0.1, 0.15) is 47.2 Å². The van der Waals surface area contributed by atoms with Crippen molar-refractivity contribution in [3.05, 3.63) is 88.3 Å². The van der Waals surface area contributed by atoms with Crippen LogP contribution in [0.5, 0.6) is 5.75 Å². The van der Waals surface area contributed by atoms with E-state index in [0.717, 1.165) is 48.6 Å². The van der Waals surface area contributed by atoms with Crippen LogP contribution >= 0.6 is 19.5 Å². The molecule has 1 aromatic heterocycles. The highest BCUT2D eigenvalue weighted by molar-refractivity contribution is 7.64. The van der Waals surface area contributed by atoms with Crippen LogP contribution in [0.3, 0.4) is 0 Å². The van der Waals surface area contributed by atoms with Crippen molar-refractivity contribution in [3.8, 4) is 5.75 Å². The summed E-state index contributed by atoms with van der Waals surface area (Å²) in [6.45, 7) is 6.62. The summed E-state index contributed by atoms with van der Waals surface area (Å²) in [5, 5.41) is 14.1. The highest BCUT2D eigenvalue weighted by Crippen LogP contribution is 2.35. The SMILES string of the molecule is COc1cc(N2CCC(NCc3cc(F)c4c(c3)CN(C3CCC(=O)NC3=O)C4=O)CC2)ccc1Nc1ncc(Cl)c(Nc2ccccc2P(C)C)n1. The van der Waals surface area contributed by atoms with E-state index in [1.807, 2.05) is 42.5 Å². The first-order chi connectivity index (χ1) is 25.6. The number of para-hydroxylation sites is 1. The zero-order chi connectivity index (χ0) is 37.2. The highest BCUT2D eigenvalue weighted by Gasteiger charge is 2.40. The summed E-state index contributed by atoms with van der Waals surface area (Å²) >= 11 is 6.48. The topological polar surface area (TPSA) is 141 Å². The summed E-state index contributed by atoms with van der Waals surface area (Å²) in [6, 6.07) is 16.8. The number of amides is 3. The molecule has 0 aliphatic carbocycles. The molecule has 0 saturated carbocycles.